The molecular weight excluding hydrogens is 464 g/mol. The van der Waals surface area contributed by atoms with Crippen LogP contribution in [-0.4, -0.2) is 16.3 Å². The molecule has 5 unspecified atom stereocenters. The zero-order valence-electron chi connectivity index (χ0n) is 20.7. The first-order valence-electron chi connectivity index (χ1n) is 13.2. The third-order valence-electron chi connectivity index (χ3n) is 9.09. The molecule has 0 N–H and O–H groups in total. The van der Waals surface area contributed by atoms with Crippen molar-refractivity contribution >= 4 is 22.8 Å². The van der Waals surface area contributed by atoms with Crippen molar-refractivity contribution in [2.45, 2.75) is 56.6 Å². The SMILES string of the molecule is CC12CCC3c4ccc(OC(=O)c5ccccc5)cc4CCC3C1CCC2SC(=O)c1ccccc1. The van der Waals surface area contributed by atoms with Crippen molar-refractivity contribution in [1.29, 1.82) is 0 Å². The van der Waals surface area contributed by atoms with Crippen molar-refractivity contribution in [1.82, 2.24) is 0 Å². The van der Waals surface area contributed by atoms with Crippen LogP contribution in [0.15, 0.2) is 78.9 Å². The highest BCUT2D eigenvalue weighted by Gasteiger charge is 2.55. The summed E-state index contributed by atoms with van der Waals surface area (Å²) in [6.45, 7) is 2.46. The fourth-order valence-corrected chi connectivity index (χ4v) is 8.63. The van der Waals surface area contributed by atoms with E-state index in [0.29, 0.717) is 34.3 Å². The monoisotopic (exact) mass is 496 g/mol. The highest BCUT2D eigenvalue weighted by atomic mass is 32.2. The van der Waals surface area contributed by atoms with Crippen LogP contribution < -0.4 is 4.74 Å². The van der Waals surface area contributed by atoms with Crippen LogP contribution in [-0.2, 0) is 6.42 Å². The number of rotatable bonds is 4. The van der Waals surface area contributed by atoms with E-state index in [9.17, 15) is 9.59 Å². The third kappa shape index (κ3) is 4.20. The lowest BCUT2D eigenvalue weighted by atomic mass is 9.56. The first-order valence-corrected chi connectivity index (χ1v) is 14.1. The van der Waals surface area contributed by atoms with Gasteiger partial charge in [-0.05, 0) is 97.1 Å². The fourth-order valence-electron chi connectivity index (χ4n) is 7.28. The van der Waals surface area contributed by atoms with Crippen molar-refractivity contribution in [3.05, 3.63) is 101 Å². The molecule has 0 bridgehead atoms. The van der Waals surface area contributed by atoms with E-state index in [1.165, 1.54) is 36.8 Å². The third-order valence-corrected chi connectivity index (χ3v) is 10.6. The molecule has 2 saturated carbocycles. The van der Waals surface area contributed by atoms with Crippen LogP contribution in [0.5, 0.6) is 5.75 Å². The summed E-state index contributed by atoms with van der Waals surface area (Å²) in [7, 11) is 0. The van der Waals surface area contributed by atoms with Gasteiger partial charge in [-0.25, -0.2) is 4.79 Å². The first kappa shape index (κ1) is 23.5. The molecule has 0 aromatic heterocycles. The fraction of sp³-hybridized carbons (Fsp3) is 0.375. The number of fused-ring (bicyclic) bond motifs is 5. The summed E-state index contributed by atoms with van der Waals surface area (Å²) in [5, 5.41) is 0.619. The maximum absolute atomic E-state index is 13.0. The highest BCUT2D eigenvalue weighted by molar-refractivity contribution is 8.14. The van der Waals surface area contributed by atoms with Crippen LogP contribution in [0.1, 0.15) is 76.8 Å². The van der Waals surface area contributed by atoms with E-state index in [4.69, 9.17) is 4.74 Å². The second-order valence-electron chi connectivity index (χ2n) is 10.9. The largest absolute Gasteiger partial charge is 0.423 e. The minimum atomic E-state index is -0.308. The van der Waals surface area contributed by atoms with Gasteiger partial charge < -0.3 is 4.74 Å². The standard InChI is InChI=1S/C32H32O3S/c1-32-19-18-26-25-15-13-24(35-30(33)21-8-4-2-5-9-21)20-23(25)12-14-27(26)28(32)16-17-29(32)36-31(34)22-10-6-3-7-11-22/h2-11,13,15,20,26-29H,12,14,16-19H2,1H3. The highest BCUT2D eigenvalue weighted by Crippen LogP contribution is 2.63. The molecule has 5 atom stereocenters. The van der Waals surface area contributed by atoms with E-state index < -0.39 is 0 Å². The van der Waals surface area contributed by atoms with Gasteiger partial charge in [-0.3, -0.25) is 4.79 Å². The number of aryl methyl sites for hydroxylation is 1. The number of carbonyl (C=O) groups excluding carboxylic acids is 2. The van der Waals surface area contributed by atoms with Gasteiger partial charge in [0.15, 0.2) is 0 Å². The molecule has 0 spiro atoms. The smallest absolute Gasteiger partial charge is 0.343 e. The van der Waals surface area contributed by atoms with Crippen molar-refractivity contribution < 1.29 is 14.3 Å². The molecule has 2 fully saturated rings. The second kappa shape index (κ2) is 9.55. The summed E-state index contributed by atoms with van der Waals surface area (Å²) < 4.78 is 5.70. The molecule has 3 aromatic rings. The molecule has 0 radical (unpaired) electrons. The Labute approximate surface area is 217 Å². The number of carbonyl (C=O) groups is 2. The molecule has 184 valence electrons. The predicted molar refractivity (Wildman–Crippen MR) is 145 cm³/mol. The van der Waals surface area contributed by atoms with Crippen molar-refractivity contribution in [3.63, 3.8) is 0 Å². The van der Waals surface area contributed by atoms with E-state index in [1.54, 1.807) is 23.9 Å². The number of ether oxygens (including phenoxy) is 1. The predicted octanol–water partition coefficient (Wildman–Crippen LogP) is 7.70. The van der Waals surface area contributed by atoms with Crippen LogP contribution in [0.3, 0.4) is 0 Å². The Morgan fingerprint density at radius 3 is 2.33 bits per heavy atom. The molecule has 3 nitrogen and oxygen atoms in total. The molecule has 4 heteroatoms. The van der Waals surface area contributed by atoms with Gasteiger partial charge in [-0.2, -0.15) is 0 Å². The maximum atomic E-state index is 13.0. The average Bonchev–Trinajstić information content (AvgIpc) is 3.25. The Hall–Kier alpha value is -2.85. The van der Waals surface area contributed by atoms with Gasteiger partial charge in [0.05, 0.1) is 5.56 Å². The van der Waals surface area contributed by atoms with Crippen LogP contribution in [0.2, 0.25) is 0 Å². The number of benzene rings is 3. The van der Waals surface area contributed by atoms with Crippen LogP contribution >= 0.6 is 11.8 Å². The van der Waals surface area contributed by atoms with E-state index in [2.05, 4.69) is 19.1 Å². The quantitative estimate of drug-likeness (QED) is 0.274. The van der Waals surface area contributed by atoms with Gasteiger partial charge in [0.2, 0.25) is 5.12 Å². The Morgan fingerprint density at radius 2 is 1.58 bits per heavy atom. The minimum Gasteiger partial charge on any atom is -0.423 e. The Bertz CT molecular complexity index is 1270. The number of hydrogen-bond acceptors (Lipinski definition) is 4. The zero-order valence-corrected chi connectivity index (χ0v) is 21.5. The van der Waals surface area contributed by atoms with Gasteiger partial charge >= 0.3 is 5.97 Å². The van der Waals surface area contributed by atoms with Gasteiger partial charge in [0, 0.05) is 10.8 Å². The molecule has 3 aliphatic rings. The van der Waals surface area contributed by atoms with Crippen molar-refractivity contribution in [2.24, 2.45) is 17.3 Å². The van der Waals surface area contributed by atoms with Gasteiger partial charge in [0.25, 0.3) is 0 Å². The summed E-state index contributed by atoms with van der Waals surface area (Å²) in [5.74, 6) is 2.24. The summed E-state index contributed by atoms with van der Waals surface area (Å²) in [4.78, 5) is 25.5. The Balaban J connectivity index is 1.17. The molecule has 36 heavy (non-hydrogen) atoms. The average molecular weight is 497 g/mol. The summed E-state index contributed by atoms with van der Waals surface area (Å²) in [5.41, 5.74) is 4.39. The molecule has 0 heterocycles. The lowest BCUT2D eigenvalue weighted by molar-refractivity contribution is 0.0627. The summed E-state index contributed by atoms with van der Waals surface area (Å²) in [6.07, 6.45) is 6.90. The number of thioether (sulfide) groups is 1. The normalized spacial score (nSPS) is 28.5. The lowest BCUT2D eigenvalue weighted by Gasteiger charge is -2.50. The van der Waals surface area contributed by atoms with Gasteiger partial charge in [-0.15, -0.1) is 0 Å². The Kier molecular flexibility index (Phi) is 6.25. The lowest BCUT2D eigenvalue weighted by Crippen LogP contribution is -2.43. The zero-order chi connectivity index (χ0) is 24.7. The van der Waals surface area contributed by atoms with Gasteiger partial charge in [-0.1, -0.05) is 73.3 Å². The van der Waals surface area contributed by atoms with Crippen LogP contribution in [0.4, 0.5) is 0 Å². The molecule has 0 amide bonds. The topological polar surface area (TPSA) is 43.4 Å². The summed E-state index contributed by atoms with van der Waals surface area (Å²) >= 11 is 1.59. The van der Waals surface area contributed by atoms with E-state index >= 15 is 0 Å². The van der Waals surface area contributed by atoms with Crippen molar-refractivity contribution in [2.75, 3.05) is 0 Å². The molecule has 3 aliphatic carbocycles. The number of esters is 1. The molecular formula is C32H32O3S. The van der Waals surface area contributed by atoms with E-state index in [1.807, 2.05) is 54.6 Å². The molecule has 0 saturated heterocycles. The second-order valence-corrected chi connectivity index (χ2v) is 12.1. The molecule has 0 aliphatic heterocycles. The van der Waals surface area contributed by atoms with E-state index in [-0.39, 0.29) is 16.5 Å². The first-order chi connectivity index (χ1) is 17.5. The van der Waals surface area contributed by atoms with Crippen LogP contribution in [0, 0.1) is 17.3 Å². The minimum absolute atomic E-state index is 0.219. The number of hydrogen-bond donors (Lipinski definition) is 0. The van der Waals surface area contributed by atoms with Crippen LogP contribution in [0.25, 0.3) is 0 Å². The van der Waals surface area contributed by atoms with Crippen molar-refractivity contribution in [3.8, 4) is 5.75 Å². The maximum Gasteiger partial charge on any atom is 0.343 e. The van der Waals surface area contributed by atoms with Gasteiger partial charge in [0.1, 0.15) is 5.75 Å². The van der Waals surface area contributed by atoms with E-state index in [0.717, 1.165) is 18.4 Å². The summed E-state index contributed by atoms with van der Waals surface area (Å²) in [6, 6.07) is 25.2. The molecule has 6 rings (SSSR count). The molecule has 3 aromatic carbocycles. The Morgan fingerprint density at radius 1 is 0.861 bits per heavy atom.